The van der Waals surface area contributed by atoms with Gasteiger partial charge in [0.05, 0.1) is 5.69 Å². The Kier molecular flexibility index (Phi) is 4.90. The van der Waals surface area contributed by atoms with E-state index in [-0.39, 0.29) is 5.54 Å². The highest BCUT2D eigenvalue weighted by atomic mass is 127. The van der Waals surface area contributed by atoms with Gasteiger partial charge in [-0.25, -0.2) is 0 Å². The molecule has 0 saturated carbocycles. The first-order valence-electron chi connectivity index (χ1n) is 6.95. The van der Waals surface area contributed by atoms with Gasteiger partial charge in [-0.2, -0.15) is 0 Å². The quantitative estimate of drug-likeness (QED) is 0.830. The number of halogens is 1. The van der Waals surface area contributed by atoms with Gasteiger partial charge in [-0.15, -0.1) is 0 Å². The molecule has 1 saturated heterocycles. The van der Waals surface area contributed by atoms with Crippen LogP contribution in [-0.4, -0.2) is 25.2 Å². The van der Waals surface area contributed by atoms with Crippen LogP contribution in [-0.2, 0) is 0 Å². The van der Waals surface area contributed by atoms with E-state index < -0.39 is 0 Å². The van der Waals surface area contributed by atoms with E-state index in [1.165, 1.54) is 28.5 Å². The summed E-state index contributed by atoms with van der Waals surface area (Å²) < 4.78 is 1.36. The van der Waals surface area contributed by atoms with Crippen LogP contribution in [0.25, 0.3) is 0 Å². The van der Waals surface area contributed by atoms with Crippen molar-refractivity contribution in [2.75, 3.05) is 24.5 Å². The maximum atomic E-state index is 3.77. The number of anilines is 1. The van der Waals surface area contributed by atoms with E-state index in [4.69, 9.17) is 0 Å². The summed E-state index contributed by atoms with van der Waals surface area (Å²) in [7, 11) is 0. The molecule has 0 bridgehead atoms. The number of hydrogen-bond donors (Lipinski definition) is 1. The average molecular weight is 358 g/mol. The molecule has 2 nitrogen and oxygen atoms in total. The van der Waals surface area contributed by atoms with Crippen LogP contribution in [0.2, 0.25) is 0 Å². The molecule has 18 heavy (non-hydrogen) atoms. The number of para-hydroxylation sites is 1. The van der Waals surface area contributed by atoms with Crippen LogP contribution in [0.3, 0.4) is 0 Å². The van der Waals surface area contributed by atoms with Crippen molar-refractivity contribution in [1.82, 2.24) is 5.32 Å². The Morgan fingerprint density at radius 1 is 1.28 bits per heavy atom. The lowest BCUT2D eigenvalue weighted by Crippen LogP contribution is -2.50. The monoisotopic (exact) mass is 358 g/mol. The molecule has 0 aliphatic carbocycles. The van der Waals surface area contributed by atoms with Crippen LogP contribution in [0.4, 0.5) is 5.69 Å². The standard InChI is InChI=1S/C15H23IN2/c1-3-15(4-2)12-18(11-7-10-17-15)14-9-6-5-8-13(14)16/h5-6,8-9,17H,3-4,7,10-12H2,1-2H3. The van der Waals surface area contributed by atoms with Gasteiger partial charge in [-0.1, -0.05) is 26.0 Å². The van der Waals surface area contributed by atoms with Crippen molar-refractivity contribution in [3.05, 3.63) is 27.8 Å². The van der Waals surface area contributed by atoms with Gasteiger partial charge >= 0.3 is 0 Å². The summed E-state index contributed by atoms with van der Waals surface area (Å²) in [6.07, 6.45) is 3.62. The van der Waals surface area contributed by atoms with Crippen LogP contribution in [0.1, 0.15) is 33.1 Å². The van der Waals surface area contributed by atoms with E-state index in [1.54, 1.807) is 0 Å². The first-order valence-corrected chi connectivity index (χ1v) is 8.03. The van der Waals surface area contributed by atoms with Gasteiger partial charge in [0.15, 0.2) is 0 Å². The lowest BCUT2D eigenvalue weighted by Gasteiger charge is -2.36. The summed E-state index contributed by atoms with van der Waals surface area (Å²) in [6, 6.07) is 8.72. The van der Waals surface area contributed by atoms with Crippen molar-refractivity contribution in [3.8, 4) is 0 Å². The van der Waals surface area contributed by atoms with Crippen molar-refractivity contribution in [2.24, 2.45) is 0 Å². The Morgan fingerprint density at radius 3 is 2.67 bits per heavy atom. The summed E-state index contributed by atoms with van der Waals surface area (Å²) in [5.41, 5.74) is 1.68. The second-order valence-electron chi connectivity index (χ2n) is 5.14. The van der Waals surface area contributed by atoms with E-state index in [2.05, 4.69) is 70.9 Å². The smallest absolute Gasteiger partial charge is 0.0502 e. The van der Waals surface area contributed by atoms with Gasteiger partial charge in [0, 0.05) is 22.2 Å². The minimum atomic E-state index is 0.287. The van der Waals surface area contributed by atoms with E-state index in [0.717, 1.165) is 19.6 Å². The third-order valence-electron chi connectivity index (χ3n) is 4.15. The predicted molar refractivity (Wildman–Crippen MR) is 87.3 cm³/mol. The Bertz CT molecular complexity index is 388. The average Bonchev–Trinajstić information content (AvgIpc) is 2.62. The molecule has 1 aliphatic heterocycles. The van der Waals surface area contributed by atoms with Gasteiger partial charge in [0.2, 0.25) is 0 Å². The van der Waals surface area contributed by atoms with Crippen LogP contribution in [0.5, 0.6) is 0 Å². The molecule has 0 atom stereocenters. The fourth-order valence-corrected chi connectivity index (χ4v) is 3.49. The lowest BCUT2D eigenvalue weighted by atomic mass is 9.92. The lowest BCUT2D eigenvalue weighted by molar-refractivity contribution is 0.321. The predicted octanol–water partition coefficient (Wildman–Crippen LogP) is 3.65. The molecule has 3 heteroatoms. The normalized spacial score (nSPS) is 19.6. The summed E-state index contributed by atoms with van der Waals surface area (Å²) in [5, 5.41) is 3.77. The second-order valence-corrected chi connectivity index (χ2v) is 6.30. The van der Waals surface area contributed by atoms with E-state index >= 15 is 0 Å². The topological polar surface area (TPSA) is 15.3 Å². The van der Waals surface area contributed by atoms with Crippen molar-refractivity contribution in [3.63, 3.8) is 0 Å². The zero-order valence-corrected chi connectivity index (χ0v) is 13.5. The van der Waals surface area contributed by atoms with Crippen LogP contribution in [0.15, 0.2) is 24.3 Å². The summed E-state index contributed by atoms with van der Waals surface area (Å²) >= 11 is 2.45. The van der Waals surface area contributed by atoms with Gasteiger partial charge in [0.1, 0.15) is 0 Å². The second kappa shape index (κ2) is 6.24. The molecule has 1 N–H and O–H groups in total. The minimum Gasteiger partial charge on any atom is -0.369 e. The number of nitrogens with zero attached hydrogens (tertiary/aromatic N) is 1. The summed E-state index contributed by atoms with van der Waals surface area (Å²) in [5.74, 6) is 0. The Balaban J connectivity index is 2.25. The first-order chi connectivity index (χ1) is 8.71. The summed E-state index contributed by atoms with van der Waals surface area (Å²) in [4.78, 5) is 2.56. The zero-order chi connectivity index (χ0) is 13.0. The summed E-state index contributed by atoms with van der Waals surface area (Å²) in [6.45, 7) is 8.03. The number of nitrogens with one attached hydrogen (secondary N) is 1. The third kappa shape index (κ3) is 2.99. The molecule has 2 rings (SSSR count). The van der Waals surface area contributed by atoms with Crippen molar-refractivity contribution in [2.45, 2.75) is 38.6 Å². The van der Waals surface area contributed by atoms with Crippen molar-refractivity contribution >= 4 is 28.3 Å². The highest BCUT2D eigenvalue weighted by molar-refractivity contribution is 14.1. The molecule has 1 aromatic carbocycles. The van der Waals surface area contributed by atoms with E-state index in [9.17, 15) is 0 Å². The molecular weight excluding hydrogens is 335 g/mol. The molecule has 1 fully saturated rings. The first kappa shape index (κ1) is 14.1. The molecule has 0 amide bonds. The zero-order valence-electron chi connectivity index (χ0n) is 11.4. The van der Waals surface area contributed by atoms with Gasteiger partial charge in [-0.05, 0) is 60.5 Å². The molecule has 0 unspecified atom stereocenters. The SMILES string of the molecule is CCC1(CC)CN(c2ccccc2I)CCCN1. The Labute approximate surface area is 124 Å². The molecular formula is C15H23IN2. The molecule has 1 aromatic rings. The third-order valence-corrected chi connectivity index (χ3v) is 5.06. The fourth-order valence-electron chi connectivity index (χ4n) is 2.76. The highest BCUT2D eigenvalue weighted by Gasteiger charge is 2.30. The van der Waals surface area contributed by atoms with Crippen LogP contribution >= 0.6 is 22.6 Å². The Hall–Kier alpha value is -0.290. The minimum absolute atomic E-state index is 0.287. The molecule has 0 spiro atoms. The van der Waals surface area contributed by atoms with E-state index in [0.29, 0.717) is 0 Å². The highest BCUT2D eigenvalue weighted by Crippen LogP contribution is 2.27. The molecule has 100 valence electrons. The van der Waals surface area contributed by atoms with Gasteiger partial charge < -0.3 is 10.2 Å². The number of rotatable bonds is 3. The number of hydrogen-bond acceptors (Lipinski definition) is 2. The molecule has 0 aromatic heterocycles. The van der Waals surface area contributed by atoms with Gasteiger partial charge in [0.25, 0.3) is 0 Å². The maximum absolute atomic E-state index is 3.77. The Morgan fingerprint density at radius 2 is 2.00 bits per heavy atom. The van der Waals surface area contributed by atoms with Crippen LogP contribution in [0, 0.1) is 3.57 Å². The molecule has 1 heterocycles. The van der Waals surface area contributed by atoms with Crippen LogP contribution < -0.4 is 10.2 Å². The molecule has 1 aliphatic rings. The fraction of sp³-hybridized carbons (Fsp3) is 0.600. The molecule has 0 radical (unpaired) electrons. The van der Waals surface area contributed by atoms with Crippen molar-refractivity contribution < 1.29 is 0 Å². The van der Waals surface area contributed by atoms with Crippen molar-refractivity contribution in [1.29, 1.82) is 0 Å². The van der Waals surface area contributed by atoms with Gasteiger partial charge in [-0.3, -0.25) is 0 Å². The maximum Gasteiger partial charge on any atom is 0.0502 e. The number of benzene rings is 1. The largest absolute Gasteiger partial charge is 0.369 e. The van der Waals surface area contributed by atoms with E-state index in [1.807, 2.05) is 0 Å².